The molecular formula is C20H25N. The summed E-state index contributed by atoms with van der Waals surface area (Å²) in [4.78, 5) is 0. The van der Waals surface area contributed by atoms with E-state index in [0.29, 0.717) is 0 Å². The van der Waals surface area contributed by atoms with E-state index in [1.54, 1.807) is 0 Å². The van der Waals surface area contributed by atoms with Gasteiger partial charge in [-0.15, -0.1) is 0 Å². The van der Waals surface area contributed by atoms with Crippen LogP contribution in [0.4, 0.5) is 0 Å². The van der Waals surface area contributed by atoms with Crippen LogP contribution in [0.25, 0.3) is 0 Å². The Morgan fingerprint density at radius 3 is 2.24 bits per heavy atom. The van der Waals surface area contributed by atoms with Gasteiger partial charge in [0.1, 0.15) is 0 Å². The Morgan fingerprint density at radius 1 is 0.905 bits per heavy atom. The van der Waals surface area contributed by atoms with Crippen LogP contribution in [0.5, 0.6) is 0 Å². The van der Waals surface area contributed by atoms with E-state index in [1.165, 1.54) is 47.9 Å². The van der Waals surface area contributed by atoms with Gasteiger partial charge in [-0.1, -0.05) is 61.4 Å². The van der Waals surface area contributed by atoms with Gasteiger partial charge in [-0.05, 0) is 48.9 Å². The van der Waals surface area contributed by atoms with Crippen LogP contribution in [0.3, 0.4) is 0 Å². The quantitative estimate of drug-likeness (QED) is 0.857. The van der Waals surface area contributed by atoms with E-state index in [4.69, 9.17) is 5.73 Å². The number of nitrogens with two attached hydrogens (primary N) is 1. The fourth-order valence-corrected chi connectivity index (χ4v) is 3.96. The van der Waals surface area contributed by atoms with Crippen molar-refractivity contribution >= 4 is 0 Å². The van der Waals surface area contributed by atoms with E-state index in [-0.39, 0.29) is 11.5 Å². The third-order valence-electron chi connectivity index (χ3n) is 5.42. The first-order valence-corrected chi connectivity index (χ1v) is 8.02. The van der Waals surface area contributed by atoms with Gasteiger partial charge in [0.05, 0.1) is 0 Å². The Morgan fingerprint density at radius 2 is 1.57 bits per heavy atom. The Labute approximate surface area is 128 Å². The molecule has 1 heteroatoms. The van der Waals surface area contributed by atoms with Gasteiger partial charge in [-0.2, -0.15) is 0 Å². The molecule has 3 rings (SSSR count). The van der Waals surface area contributed by atoms with Crippen LogP contribution in [0.1, 0.15) is 54.0 Å². The molecule has 0 heterocycles. The Kier molecular flexibility index (Phi) is 3.86. The van der Waals surface area contributed by atoms with Crippen molar-refractivity contribution in [3.63, 3.8) is 0 Å². The lowest BCUT2D eigenvalue weighted by atomic mass is 9.70. The molecule has 21 heavy (non-hydrogen) atoms. The third kappa shape index (κ3) is 2.40. The first-order chi connectivity index (χ1) is 10.1. The zero-order valence-electron chi connectivity index (χ0n) is 13.1. The van der Waals surface area contributed by atoms with Crippen molar-refractivity contribution in [2.75, 3.05) is 0 Å². The fraction of sp³-hybridized carbons (Fsp3) is 0.400. The molecule has 1 fully saturated rings. The smallest absolute Gasteiger partial charge is 0.0395 e. The average molecular weight is 279 g/mol. The molecule has 1 unspecified atom stereocenters. The lowest BCUT2D eigenvalue weighted by Crippen LogP contribution is -2.36. The fourth-order valence-electron chi connectivity index (χ4n) is 3.96. The minimum atomic E-state index is 0.0855. The number of rotatable bonds is 3. The number of hydrogen-bond donors (Lipinski definition) is 1. The number of benzene rings is 2. The molecule has 2 aromatic rings. The average Bonchev–Trinajstić information content (AvgIpc) is 3.01. The van der Waals surface area contributed by atoms with E-state index in [2.05, 4.69) is 62.4 Å². The van der Waals surface area contributed by atoms with Gasteiger partial charge >= 0.3 is 0 Å². The van der Waals surface area contributed by atoms with Crippen LogP contribution < -0.4 is 5.73 Å². The van der Waals surface area contributed by atoms with Crippen molar-refractivity contribution in [3.05, 3.63) is 70.8 Å². The zero-order chi connectivity index (χ0) is 14.9. The van der Waals surface area contributed by atoms with Crippen LogP contribution in [-0.4, -0.2) is 0 Å². The van der Waals surface area contributed by atoms with Gasteiger partial charge in [0, 0.05) is 11.5 Å². The van der Waals surface area contributed by atoms with Crippen LogP contribution >= 0.6 is 0 Å². The monoisotopic (exact) mass is 279 g/mol. The van der Waals surface area contributed by atoms with Crippen molar-refractivity contribution < 1.29 is 0 Å². The van der Waals surface area contributed by atoms with Crippen LogP contribution in [0.2, 0.25) is 0 Å². The second-order valence-electron chi connectivity index (χ2n) is 6.50. The zero-order valence-corrected chi connectivity index (χ0v) is 13.1. The van der Waals surface area contributed by atoms with Crippen molar-refractivity contribution in [2.24, 2.45) is 5.73 Å². The molecule has 2 aromatic carbocycles. The van der Waals surface area contributed by atoms with Gasteiger partial charge in [-0.3, -0.25) is 0 Å². The second kappa shape index (κ2) is 5.65. The van der Waals surface area contributed by atoms with Crippen molar-refractivity contribution in [1.82, 2.24) is 0 Å². The second-order valence-corrected chi connectivity index (χ2v) is 6.50. The van der Waals surface area contributed by atoms with E-state index >= 15 is 0 Å². The molecule has 0 bridgehead atoms. The Bertz CT molecular complexity index is 609. The third-order valence-corrected chi connectivity index (χ3v) is 5.42. The molecule has 1 aliphatic carbocycles. The SMILES string of the molecule is Cc1cccc(C(N)C2(c3ccccc3)CCCC2)c1C. The summed E-state index contributed by atoms with van der Waals surface area (Å²) >= 11 is 0. The summed E-state index contributed by atoms with van der Waals surface area (Å²) in [6.45, 7) is 4.38. The van der Waals surface area contributed by atoms with Crippen LogP contribution in [0.15, 0.2) is 48.5 Å². The minimum Gasteiger partial charge on any atom is -0.323 e. The van der Waals surface area contributed by atoms with Crippen molar-refractivity contribution in [3.8, 4) is 0 Å². The number of aryl methyl sites for hydroxylation is 1. The summed E-state index contributed by atoms with van der Waals surface area (Å²) in [5.41, 5.74) is 12.4. The molecule has 0 aromatic heterocycles. The molecule has 2 N–H and O–H groups in total. The van der Waals surface area contributed by atoms with Gasteiger partial charge < -0.3 is 5.73 Å². The highest BCUT2D eigenvalue weighted by molar-refractivity contribution is 5.40. The van der Waals surface area contributed by atoms with Gasteiger partial charge in [0.15, 0.2) is 0 Å². The molecule has 1 nitrogen and oxygen atoms in total. The van der Waals surface area contributed by atoms with Crippen molar-refractivity contribution in [1.29, 1.82) is 0 Å². The molecular weight excluding hydrogens is 254 g/mol. The van der Waals surface area contributed by atoms with E-state index in [0.717, 1.165) is 0 Å². The summed E-state index contributed by atoms with van der Waals surface area (Å²) in [6, 6.07) is 17.5. The summed E-state index contributed by atoms with van der Waals surface area (Å²) in [7, 11) is 0. The highest BCUT2D eigenvalue weighted by Gasteiger charge is 2.42. The Balaban J connectivity index is 2.08. The largest absolute Gasteiger partial charge is 0.323 e. The summed E-state index contributed by atoms with van der Waals surface area (Å²) in [5, 5.41) is 0. The highest BCUT2D eigenvalue weighted by atomic mass is 14.7. The summed E-state index contributed by atoms with van der Waals surface area (Å²) < 4.78 is 0. The lowest BCUT2D eigenvalue weighted by molar-refractivity contribution is 0.355. The summed E-state index contributed by atoms with van der Waals surface area (Å²) in [6.07, 6.45) is 4.97. The van der Waals surface area contributed by atoms with E-state index < -0.39 is 0 Å². The van der Waals surface area contributed by atoms with Crippen molar-refractivity contribution in [2.45, 2.75) is 51.0 Å². The predicted molar refractivity (Wildman–Crippen MR) is 89.4 cm³/mol. The van der Waals surface area contributed by atoms with Crippen LogP contribution in [0, 0.1) is 13.8 Å². The Hall–Kier alpha value is -1.60. The first kappa shape index (κ1) is 14.3. The highest BCUT2D eigenvalue weighted by Crippen LogP contribution is 2.49. The molecule has 0 amide bonds. The summed E-state index contributed by atoms with van der Waals surface area (Å²) in [5.74, 6) is 0. The molecule has 0 radical (unpaired) electrons. The van der Waals surface area contributed by atoms with E-state index in [9.17, 15) is 0 Å². The van der Waals surface area contributed by atoms with E-state index in [1.807, 2.05) is 0 Å². The van der Waals surface area contributed by atoms with Crippen LogP contribution in [-0.2, 0) is 5.41 Å². The van der Waals surface area contributed by atoms with Gasteiger partial charge in [-0.25, -0.2) is 0 Å². The normalized spacial score (nSPS) is 18.6. The molecule has 1 aliphatic rings. The van der Waals surface area contributed by atoms with Gasteiger partial charge in [0.25, 0.3) is 0 Å². The topological polar surface area (TPSA) is 26.0 Å². The standard InChI is InChI=1S/C20H25N/c1-15-9-8-12-18(16(15)2)19(21)20(13-6-7-14-20)17-10-4-3-5-11-17/h3-5,8-12,19H,6-7,13-14,21H2,1-2H3. The first-order valence-electron chi connectivity index (χ1n) is 8.02. The number of hydrogen-bond acceptors (Lipinski definition) is 1. The predicted octanol–water partition coefficient (Wildman–Crippen LogP) is 4.82. The maximum absolute atomic E-state index is 6.84. The molecule has 0 spiro atoms. The molecule has 110 valence electrons. The maximum atomic E-state index is 6.84. The molecule has 0 saturated heterocycles. The molecule has 0 aliphatic heterocycles. The molecule has 1 saturated carbocycles. The maximum Gasteiger partial charge on any atom is 0.0395 e. The lowest BCUT2D eigenvalue weighted by Gasteiger charge is -2.37. The minimum absolute atomic E-state index is 0.0855. The molecule has 1 atom stereocenters. The van der Waals surface area contributed by atoms with Gasteiger partial charge in [0.2, 0.25) is 0 Å².